The number of imide groups is 1. The van der Waals surface area contributed by atoms with Crippen LogP contribution in [-0.4, -0.2) is 44.5 Å². The smallest absolute Gasteiger partial charge is 0.325 e. The Hall–Kier alpha value is -4.18. The molecule has 35 heavy (non-hydrogen) atoms. The summed E-state index contributed by atoms with van der Waals surface area (Å²) >= 11 is 1.18. The third-order valence-electron chi connectivity index (χ3n) is 5.25. The molecule has 2 N–H and O–H groups in total. The van der Waals surface area contributed by atoms with E-state index >= 15 is 0 Å². The average Bonchev–Trinajstić information content (AvgIpc) is 3.29. The zero-order chi connectivity index (χ0) is 24.8. The standard InChI is InChI=1S/C25H24N6O3S/c1-16-4-5-19(14-17(16)2)27-24(33)28-22(32)15-35-25-30-29-23(18-10-12-26-13-11-18)31(25)20-6-8-21(34-3)9-7-20/h4-14H,15H2,1-3H3,(H2,27,28,32,33). The molecule has 0 fully saturated rings. The summed E-state index contributed by atoms with van der Waals surface area (Å²) < 4.78 is 7.11. The van der Waals surface area contributed by atoms with Crippen molar-refractivity contribution in [2.75, 3.05) is 18.2 Å². The van der Waals surface area contributed by atoms with E-state index in [9.17, 15) is 9.59 Å². The number of ether oxygens (including phenoxy) is 1. The van der Waals surface area contributed by atoms with Crippen LogP contribution in [0.1, 0.15) is 11.1 Å². The fraction of sp³-hybridized carbons (Fsp3) is 0.160. The Kier molecular flexibility index (Phi) is 7.41. The van der Waals surface area contributed by atoms with Gasteiger partial charge in [0, 0.05) is 29.3 Å². The number of rotatable bonds is 7. The molecule has 0 radical (unpaired) electrons. The van der Waals surface area contributed by atoms with Crippen molar-refractivity contribution in [3.05, 3.63) is 78.1 Å². The fourth-order valence-electron chi connectivity index (χ4n) is 3.29. The number of pyridine rings is 1. The summed E-state index contributed by atoms with van der Waals surface area (Å²) in [7, 11) is 1.60. The quantitative estimate of drug-likeness (QED) is 0.371. The first kappa shape index (κ1) is 24.0. The van der Waals surface area contributed by atoms with Gasteiger partial charge in [0.1, 0.15) is 5.75 Å². The van der Waals surface area contributed by atoms with E-state index in [2.05, 4.69) is 25.8 Å². The average molecular weight is 489 g/mol. The van der Waals surface area contributed by atoms with Gasteiger partial charge >= 0.3 is 6.03 Å². The Balaban J connectivity index is 1.48. The number of amides is 3. The summed E-state index contributed by atoms with van der Waals surface area (Å²) in [6.07, 6.45) is 3.35. The molecule has 178 valence electrons. The lowest BCUT2D eigenvalue weighted by atomic mass is 10.1. The van der Waals surface area contributed by atoms with Crippen LogP contribution in [0.3, 0.4) is 0 Å². The second-order valence-corrected chi connectivity index (χ2v) is 8.61. The van der Waals surface area contributed by atoms with E-state index in [0.29, 0.717) is 16.7 Å². The summed E-state index contributed by atoms with van der Waals surface area (Å²) in [5, 5.41) is 14.2. The number of nitrogens with one attached hydrogen (secondary N) is 2. The molecule has 0 saturated carbocycles. The highest BCUT2D eigenvalue weighted by molar-refractivity contribution is 7.99. The Morgan fingerprint density at radius 3 is 2.40 bits per heavy atom. The highest BCUT2D eigenvalue weighted by atomic mass is 32.2. The number of carbonyl (C=O) groups excluding carboxylic acids is 2. The molecule has 2 aromatic carbocycles. The van der Waals surface area contributed by atoms with E-state index in [1.54, 1.807) is 25.6 Å². The molecule has 0 spiro atoms. The van der Waals surface area contributed by atoms with Gasteiger partial charge in [0.25, 0.3) is 0 Å². The first-order valence-corrected chi connectivity index (χ1v) is 11.7. The number of aryl methyl sites for hydroxylation is 2. The normalized spacial score (nSPS) is 10.6. The molecule has 0 aliphatic heterocycles. The van der Waals surface area contributed by atoms with Crippen molar-refractivity contribution in [2.45, 2.75) is 19.0 Å². The van der Waals surface area contributed by atoms with Crippen LogP contribution in [0.5, 0.6) is 5.75 Å². The van der Waals surface area contributed by atoms with Crippen molar-refractivity contribution in [1.82, 2.24) is 25.1 Å². The summed E-state index contributed by atoms with van der Waals surface area (Å²) in [5.74, 6) is 0.847. The minimum absolute atomic E-state index is 0.0228. The molecule has 0 aliphatic carbocycles. The molecule has 3 amide bonds. The van der Waals surface area contributed by atoms with Crippen LogP contribution in [0.4, 0.5) is 10.5 Å². The van der Waals surface area contributed by atoms with E-state index in [0.717, 1.165) is 28.1 Å². The number of methoxy groups -OCH3 is 1. The number of benzene rings is 2. The molecule has 0 aliphatic rings. The summed E-state index contributed by atoms with van der Waals surface area (Å²) in [6, 6.07) is 16.1. The molecule has 0 bridgehead atoms. The van der Waals surface area contributed by atoms with Gasteiger partial charge in [-0.1, -0.05) is 17.8 Å². The van der Waals surface area contributed by atoms with E-state index in [-0.39, 0.29) is 5.75 Å². The number of aromatic nitrogens is 4. The van der Waals surface area contributed by atoms with Crippen LogP contribution in [0.15, 0.2) is 72.1 Å². The van der Waals surface area contributed by atoms with Gasteiger partial charge in [0.15, 0.2) is 11.0 Å². The SMILES string of the molecule is COc1ccc(-n2c(SCC(=O)NC(=O)Nc3ccc(C)c(C)c3)nnc2-c2ccncc2)cc1. The molecular weight excluding hydrogens is 464 g/mol. The van der Waals surface area contributed by atoms with Gasteiger partial charge < -0.3 is 10.1 Å². The van der Waals surface area contributed by atoms with Crippen molar-refractivity contribution < 1.29 is 14.3 Å². The van der Waals surface area contributed by atoms with E-state index < -0.39 is 11.9 Å². The van der Waals surface area contributed by atoms with Crippen molar-refractivity contribution >= 4 is 29.4 Å². The summed E-state index contributed by atoms with van der Waals surface area (Å²) in [5.41, 5.74) is 4.42. The number of nitrogens with zero attached hydrogens (tertiary/aromatic N) is 4. The molecule has 0 saturated heterocycles. The molecule has 0 unspecified atom stereocenters. The zero-order valence-electron chi connectivity index (χ0n) is 19.5. The Morgan fingerprint density at radius 1 is 0.971 bits per heavy atom. The van der Waals surface area contributed by atoms with Crippen LogP contribution in [-0.2, 0) is 4.79 Å². The number of urea groups is 1. The number of thioether (sulfide) groups is 1. The van der Waals surface area contributed by atoms with Crippen molar-refractivity contribution in [2.24, 2.45) is 0 Å². The maximum Gasteiger partial charge on any atom is 0.325 e. The molecule has 2 heterocycles. The number of carbonyl (C=O) groups is 2. The molecule has 4 aromatic rings. The van der Waals surface area contributed by atoms with Gasteiger partial charge in [-0.25, -0.2) is 4.79 Å². The molecular formula is C25H24N6O3S. The summed E-state index contributed by atoms with van der Waals surface area (Å²) in [6.45, 7) is 3.95. The van der Waals surface area contributed by atoms with E-state index in [4.69, 9.17) is 4.74 Å². The number of hydrogen-bond donors (Lipinski definition) is 2. The lowest BCUT2D eigenvalue weighted by Gasteiger charge is -2.11. The monoisotopic (exact) mass is 488 g/mol. The lowest BCUT2D eigenvalue weighted by Crippen LogP contribution is -2.35. The largest absolute Gasteiger partial charge is 0.497 e. The Bertz CT molecular complexity index is 1340. The zero-order valence-corrected chi connectivity index (χ0v) is 20.3. The first-order chi connectivity index (χ1) is 16.9. The minimum atomic E-state index is -0.590. The van der Waals surface area contributed by atoms with E-state index in [1.807, 2.05) is 66.9 Å². The van der Waals surface area contributed by atoms with Gasteiger partial charge in [0.2, 0.25) is 5.91 Å². The predicted octanol–water partition coefficient (Wildman–Crippen LogP) is 4.40. The van der Waals surface area contributed by atoms with Gasteiger partial charge in [0.05, 0.1) is 12.9 Å². The number of anilines is 1. The second-order valence-electron chi connectivity index (χ2n) is 7.67. The molecule has 10 heteroatoms. The highest BCUT2D eigenvalue weighted by Gasteiger charge is 2.18. The molecule has 2 aromatic heterocycles. The van der Waals surface area contributed by atoms with Gasteiger partial charge in [-0.2, -0.15) is 0 Å². The molecule has 4 rings (SSSR count). The Morgan fingerprint density at radius 2 is 1.71 bits per heavy atom. The third-order valence-corrected chi connectivity index (χ3v) is 6.18. The third kappa shape index (κ3) is 5.85. The maximum absolute atomic E-state index is 12.5. The highest BCUT2D eigenvalue weighted by Crippen LogP contribution is 2.28. The Labute approximate surface area is 206 Å². The van der Waals surface area contributed by atoms with Gasteiger partial charge in [-0.05, 0) is 73.5 Å². The molecule has 0 atom stereocenters. The van der Waals surface area contributed by atoms with Crippen LogP contribution in [0.2, 0.25) is 0 Å². The van der Waals surface area contributed by atoms with Crippen LogP contribution < -0.4 is 15.4 Å². The first-order valence-electron chi connectivity index (χ1n) is 10.8. The van der Waals surface area contributed by atoms with Crippen LogP contribution >= 0.6 is 11.8 Å². The summed E-state index contributed by atoms with van der Waals surface area (Å²) in [4.78, 5) is 28.8. The molecule has 9 nitrogen and oxygen atoms in total. The topological polar surface area (TPSA) is 111 Å². The van der Waals surface area contributed by atoms with Crippen molar-refractivity contribution in [3.8, 4) is 22.8 Å². The number of hydrogen-bond acceptors (Lipinski definition) is 7. The fourth-order valence-corrected chi connectivity index (χ4v) is 4.04. The predicted molar refractivity (Wildman–Crippen MR) is 135 cm³/mol. The minimum Gasteiger partial charge on any atom is -0.497 e. The van der Waals surface area contributed by atoms with Crippen LogP contribution in [0, 0.1) is 13.8 Å². The van der Waals surface area contributed by atoms with E-state index in [1.165, 1.54) is 11.8 Å². The lowest BCUT2D eigenvalue weighted by molar-refractivity contribution is -0.117. The van der Waals surface area contributed by atoms with Gasteiger partial charge in [-0.15, -0.1) is 10.2 Å². The van der Waals surface area contributed by atoms with Crippen molar-refractivity contribution in [1.29, 1.82) is 0 Å². The second kappa shape index (κ2) is 10.8. The van der Waals surface area contributed by atoms with Crippen molar-refractivity contribution in [3.63, 3.8) is 0 Å². The van der Waals surface area contributed by atoms with Gasteiger partial charge in [-0.3, -0.25) is 19.7 Å². The maximum atomic E-state index is 12.5. The van der Waals surface area contributed by atoms with Crippen LogP contribution in [0.25, 0.3) is 17.1 Å².